The monoisotopic (exact) mass is 348 g/mol. The first-order chi connectivity index (χ1) is 8.54. The summed E-state index contributed by atoms with van der Waals surface area (Å²) in [6.45, 7) is 8.50. The summed E-state index contributed by atoms with van der Waals surface area (Å²) in [6, 6.07) is 8.54. The summed E-state index contributed by atoms with van der Waals surface area (Å²) in [5, 5.41) is 0.429. The van der Waals surface area contributed by atoms with E-state index >= 15 is 0 Å². The minimum absolute atomic E-state index is 0.178. The van der Waals surface area contributed by atoms with Crippen LogP contribution in [0, 0.1) is 0 Å². The van der Waals surface area contributed by atoms with E-state index in [1.807, 2.05) is 42.5 Å². The molecule has 4 heteroatoms. The van der Waals surface area contributed by atoms with Crippen LogP contribution in [0.5, 0.6) is 0 Å². The van der Waals surface area contributed by atoms with Crippen molar-refractivity contribution < 1.29 is 4.74 Å². The van der Waals surface area contributed by atoms with Crippen molar-refractivity contribution in [2.75, 3.05) is 7.11 Å². The highest BCUT2D eigenvalue weighted by molar-refractivity contribution is 9.10. The van der Waals surface area contributed by atoms with Crippen LogP contribution in [0.1, 0.15) is 38.5 Å². The molecular weight excluding hydrogens is 328 g/mol. The molecule has 0 bridgehead atoms. The van der Waals surface area contributed by atoms with Gasteiger partial charge >= 0.3 is 0 Å². The molecule has 0 radical (unpaired) electrons. The van der Waals surface area contributed by atoms with Crippen molar-refractivity contribution in [1.82, 2.24) is 0 Å². The van der Waals surface area contributed by atoms with E-state index in [-0.39, 0.29) is 10.9 Å². The minimum atomic E-state index is 0.178. The Hall–Kier alpha value is 0.360. The predicted molar refractivity (Wildman–Crippen MR) is 88.3 cm³/mol. The summed E-state index contributed by atoms with van der Waals surface area (Å²) < 4.78 is 6.97. The maximum atomic E-state index is 5.67. The maximum absolute atomic E-state index is 5.67. The highest BCUT2D eigenvalue weighted by atomic mass is 79.9. The van der Waals surface area contributed by atoms with Crippen LogP contribution in [0.4, 0.5) is 0 Å². The molecule has 1 saturated heterocycles. The Kier molecular flexibility index (Phi) is 6.59. The topological polar surface area (TPSA) is 9.23 Å². The van der Waals surface area contributed by atoms with Crippen molar-refractivity contribution in [2.45, 2.75) is 43.8 Å². The van der Waals surface area contributed by atoms with Gasteiger partial charge in [-0.2, -0.15) is 0 Å². The molecule has 0 aliphatic carbocycles. The zero-order valence-corrected chi connectivity index (χ0v) is 14.8. The molecule has 1 aliphatic heterocycles. The Morgan fingerprint density at radius 1 is 1.17 bits per heavy atom. The van der Waals surface area contributed by atoms with Crippen molar-refractivity contribution in [3.63, 3.8) is 0 Å². The van der Waals surface area contributed by atoms with Gasteiger partial charge in [-0.05, 0) is 31.5 Å². The lowest BCUT2D eigenvalue weighted by Gasteiger charge is -2.26. The van der Waals surface area contributed by atoms with Gasteiger partial charge < -0.3 is 4.74 Å². The lowest BCUT2D eigenvalue weighted by molar-refractivity contribution is 0.0792. The highest BCUT2D eigenvalue weighted by Gasteiger charge is 2.44. The Morgan fingerprint density at radius 2 is 1.72 bits per heavy atom. The van der Waals surface area contributed by atoms with E-state index < -0.39 is 0 Å². The summed E-state index contributed by atoms with van der Waals surface area (Å²) in [6.07, 6.45) is 0.267. The molecule has 0 amide bonds. The number of hydrogen-bond donors (Lipinski definition) is 0. The number of methoxy groups -OCH3 is 1. The van der Waals surface area contributed by atoms with Crippen LogP contribution in [-0.4, -0.2) is 18.0 Å². The normalized spacial score (nSPS) is 25.4. The van der Waals surface area contributed by atoms with Gasteiger partial charge in [0.15, 0.2) is 0 Å². The van der Waals surface area contributed by atoms with Crippen LogP contribution in [-0.2, 0) is 4.74 Å². The zero-order valence-electron chi connectivity index (χ0n) is 11.6. The van der Waals surface area contributed by atoms with E-state index in [1.165, 1.54) is 5.56 Å². The zero-order chi connectivity index (χ0) is 13.8. The Morgan fingerprint density at radius 3 is 2.22 bits per heavy atom. The molecule has 1 fully saturated rings. The summed E-state index contributed by atoms with van der Waals surface area (Å²) >= 11 is 3.47. The molecule has 1 aromatic rings. The third-order valence-electron chi connectivity index (χ3n) is 2.78. The van der Waals surface area contributed by atoms with Crippen molar-refractivity contribution in [1.29, 1.82) is 0 Å². The molecule has 0 saturated carbocycles. The lowest BCUT2D eigenvalue weighted by atomic mass is 9.97. The standard InChI is InChI=1S/C12H15BrOS2.C2H6/c1-12(2)11(14-3)10(15-16-12)8-4-6-9(13)7-5-8;1-2/h4-7,10-11H,1-3H3;1-2H3. The fourth-order valence-electron chi connectivity index (χ4n) is 1.93. The Balaban J connectivity index is 0.000000771. The number of hydrogen-bond acceptors (Lipinski definition) is 3. The second-order valence-corrected chi connectivity index (χ2v) is 8.32. The molecular formula is C14H21BrOS2. The van der Waals surface area contributed by atoms with E-state index in [9.17, 15) is 0 Å². The maximum Gasteiger partial charge on any atom is 0.0888 e. The molecule has 2 rings (SSSR count). The molecule has 1 aromatic carbocycles. The second-order valence-electron chi connectivity index (χ2n) is 4.41. The molecule has 0 aromatic heterocycles. The fraction of sp³-hybridized carbons (Fsp3) is 0.571. The van der Waals surface area contributed by atoms with Crippen LogP contribution in [0.2, 0.25) is 0 Å². The molecule has 0 spiro atoms. The summed E-state index contributed by atoms with van der Waals surface area (Å²) in [7, 11) is 5.65. The van der Waals surface area contributed by atoms with E-state index in [4.69, 9.17) is 4.74 Å². The van der Waals surface area contributed by atoms with Crippen LogP contribution in [0.15, 0.2) is 28.7 Å². The third-order valence-corrected chi connectivity index (χ3v) is 6.99. The van der Waals surface area contributed by atoms with Gasteiger partial charge in [-0.25, -0.2) is 0 Å². The van der Waals surface area contributed by atoms with Gasteiger partial charge in [0.1, 0.15) is 0 Å². The largest absolute Gasteiger partial charge is 0.378 e. The number of halogens is 1. The molecule has 2 unspecified atom stereocenters. The molecule has 1 aliphatic rings. The predicted octanol–water partition coefficient (Wildman–Crippen LogP) is 5.71. The fourth-order valence-corrected chi connectivity index (χ4v) is 5.75. The molecule has 0 N–H and O–H groups in total. The Labute approximate surface area is 127 Å². The van der Waals surface area contributed by atoms with Crippen molar-refractivity contribution >= 4 is 37.5 Å². The van der Waals surface area contributed by atoms with Gasteiger partial charge in [-0.1, -0.05) is 63.5 Å². The van der Waals surface area contributed by atoms with E-state index in [0.29, 0.717) is 5.25 Å². The summed E-state index contributed by atoms with van der Waals surface area (Å²) in [5.41, 5.74) is 1.35. The van der Waals surface area contributed by atoms with Gasteiger partial charge in [-0.3, -0.25) is 0 Å². The van der Waals surface area contributed by atoms with Crippen molar-refractivity contribution in [3.05, 3.63) is 34.3 Å². The van der Waals surface area contributed by atoms with Crippen LogP contribution >= 0.6 is 37.5 Å². The average Bonchev–Trinajstić information content (AvgIpc) is 2.68. The van der Waals surface area contributed by atoms with Crippen LogP contribution < -0.4 is 0 Å². The number of ether oxygens (including phenoxy) is 1. The molecule has 102 valence electrons. The van der Waals surface area contributed by atoms with Gasteiger partial charge in [-0.15, -0.1) is 0 Å². The Bertz CT molecular complexity index is 365. The van der Waals surface area contributed by atoms with Gasteiger partial charge in [0.05, 0.1) is 11.4 Å². The molecule has 2 atom stereocenters. The first-order valence-electron chi connectivity index (χ1n) is 6.17. The van der Waals surface area contributed by atoms with Crippen LogP contribution in [0.25, 0.3) is 0 Å². The highest BCUT2D eigenvalue weighted by Crippen LogP contribution is 2.58. The van der Waals surface area contributed by atoms with Gasteiger partial charge in [0.2, 0.25) is 0 Å². The number of benzene rings is 1. The van der Waals surface area contributed by atoms with Gasteiger partial charge in [0.25, 0.3) is 0 Å². The summed E-state index contributed by atoms with van der Waals surface area (Å²) in [4.78, 5) is 0. The van der Waals surface area contributed by atoms with E-state index in [0.717, 1.165) is 4.47 Å². The first kappa shape index (κ1) is 16.4. The lowest BCUT2D eigenvalue weighted by Crippen LogP contribution is -2.33. The smallest absolute Gasteiger partial charge is 0.0888 e. The van der Waals surface area contributed by atoms with Crippen molar-refractivity contribution in [3.8, 4) is 0 Å². The molecule has 1 nitrogen and oxygen atoms in total. The van der Waals surface area contributed by atoms with Crippen LogP contribution in [0.3, 0.4) is 0 Å². The van der Waals surface area contributed by atoms with Crippen molar-refractivity contribution in [2.24, 2.45) is 0 Å². The summed E-state index contributed by atoms with van der Waals surface area (Å²) in [5.74, 6) is 0. The number of rotatable bonds is 2. The third kappa shape index (κ3) is 3.69. The van der Waals surface area contributed by atoms with E-state index in [2.05, 4.69) is 54.0 Å². The molecule has 18 heavy (non-hydrogen) atoms. The molecule has 1 heterocycles. The quantitative estimate of drug-likeness (QED) is 0.634. The average molecular weight is 349 g/mol. The second kappa shape index (κ2) is 7.22. The van der Waals surface area contributed by atoms with Gasteiger partial charge in [0, 0.05) is 16.3 Å². The SMILES string of the molecule is CC.COC1C(c2ccc(Br)cc2)SSC1(C)C. The minimum Gasteiger partial charge on any atom is -0.378 e. The van der Waals surface area contributed by atoms with E-state index in [1.54, 1.807) is 0 Å². The first-order valence-corrected chi connectivity index (χ1v) is 9.18.